The highest BCUT2D eigenvalue weighted by Crippen LogP contribution is 2.23. The van der Waals surface area contributed by atoms with Crippen LogP contribution in [0.2, 0.25) is 0 Å². The van der Waals surface area contributed by atoms with E-state index in [4.69, 9.17) is 10.5 Å². The average molecular weight is 306 g/mol. The molecule has 2 N–H and O–H groups in total. The molecule has 0 bridgehead atoms. The van der Waals surface area contributed by atoms with Gasteiger partial charge in [0.1, 0.15) is 5.75 Å². The van der Waals surface area contributed by atoms with Crippen molar-refractivity contribution < 1.29 is 4.74 Å². The second-order valence-corrected chi connectivity index (χ2v) is 6.07. The van der Waals surface area contributed by atoms with Gasteiger partial charge in [-0.25, -0.2) is 0 Å². The summed E-state index contributed by atoms with van der Waals surface area (Å²) < 4.78 is 5.89. The second kappa shape index (κ2) is 11.5. The van der Waals surface area contributed by atoms with Crippen LogP contribution in [-0.4, -0.2) is 31.6 Å². The summed E-state index contributed by atoms with van der Waals surface area (Å²) in [6, 6.07) is 8.70. The van der Waals surface area contributed by atoms with Crippen molar-refractivity contribution in [3.8, 4) is 5.75 Å². The van der Waals surface area contributed by atoms with Crippen LogP contribution in [-0.2, 0) is 0 Å². The maximum absolute atomic E-state index is 6.00. The van der Waals surface area contributed by atoms with Crippen LogP contribution < -0.4 is 10.5 Å². The second-order valence-electron chi connectivity index (χ2n) is 6.07. The smallest absolute Gasteiger partial charge is 0.119 e. The largest absolute Gasteiger partial charge is 0.494 e. The molecule has 0 saturated heterocycles. The summed E-state index contributed by atoms with van der Waals surface area (Å²) in [4.78, 5) is 2.35. The first-order valence-electron chi connectivity index (χ1n) is 8.86. The van der Waals surface area contributed by atoms with Crippen molar-refractivity contribution in [2.45, 2.75) is 58.4 Å². The summed E-state index contributed by atoms with van der Waals surface area (Å²) in [6.45, 7) is 6.98. The molecule has 1 aromatic rings. The van der Waals surface area contributed by atoms with E-state index >= 15 is 0 Å². The highest BCUT2D eigenvalue weighted by Gasteiger charge is 2.15. The van der Waals surface area contributed by atoms with Crippen molar-refractivity contribution in [1.29, 1.82) is 0 Å². The fourth-order valence-electron chi connectivity index (χ4n) is 2.66. The lowest BCUT2D eigenvalue weighted by molar-refractivity contribution is 0.245. The minimum Gasteiger partial charge on any atom is -0.494 e. The molecule has 0 aromatic heterocycles. The Hall–Kier alpha value is -1.06. The summed E-state index contributed by atoms with van der Waals surface area (Å²) in [5.41, 5.74) is 7.26. The third kappa shape index (κ3) is 6.80. The van der Waals surface area contributed by atoms with Crippen molar-refractivity contribution in [1.82, 2.24) is 4.90 Å². The van der Waals surface area contributed by atoms with Gasteiger partial charge in [0.15, 0.2) is 0 Å². The van der Waals surface area contributed by atoms with Gasteiger partial charge in [-0.2, -0.15) is 0 Å². The Balaban J connectivity index is 2.56. The third-order valence-electron chi connectivity index (χ3n) is 4.13. The van der Waals surface area contributed by atoms with Crippen LogP contribution in [0.1, 0.15) is 64.0 Å². The van der Waals surface area contributed by atoms with Crippen LogP contribution in [0, 0.1) is 0 Å². The number of ether oxygens (including phenoxy) is 1. The lowest BCUT2D eigenvalue weighted by Gasteiger charge is -2.27. The normalized spacial score (nSPS) is 12.6. The summed E-state index contributed by atoms with van der Waals surface area (Å²) >= 11 is 0. The molecule has 0 spiro atoms. The maximum Gasteiger partial charge on any atom is 0.119 e. The molecule has 0 aliphatic heterocycles. The first-order chi connectivity index (χ1) is 10.7. The van der Waals surface area contributed by atoms with E-state index in [2.05, 4.69) is 44.0 Å². The zero-order chi connectivity index (χ0) is 16.2. The zero-order valence-corrected chi connectivity index (χ0v) is 14.7. The molecule has 0 heterocycles. The molecule has 3 heteroatoms. The SMILES string of the molecule is CCCCCCOc1cccc(C(CN)N(C)CCCC)c1. The Kier molecular flexibility index (Phi) is 9.93. The summed E-state index contributed by atoms with van der Waals surface area (Å²) in [6.07, 6.45) is 7.36. The molecule has 3 nitrogen and oxygen atoms in total. The van der Waals surface area contributed by atoms with E-state index in [1.54, 1.807) is 0 Å². The van der Waals surface area contributed by atoms with Gasteiger partial charge in [0, 0.05) is 12.6 Å². The number of nitrogens with zero attached hydrogens (tertiary/aromatic N) is 1. The minimum absolute atomic E-state index is 0.273. The standard InChI is InChI=1S/C19H34N2O/c1-4-6-8-9-14-22-18-12-10-11-17(15-18)19(16-20)21(3)13-7-5-2/h10-12,15,19H,4-9,13-14,16,20H2,1-3H3. The summed E-state index contributed by atoms with van der Waals surface area (Å²) in [7, 11) is 2.16. The number of hydrogen-bond donors (Lipinski definition) is 1. The van der Waals surface area contributed by atoms with Crippen LogP contribution in [0.5, 0.6) is 5.75 Å². The van der Waals surface area contributed by atoms with E-state index in [0.717, 1.165) is 25.3 Å². The molecule has 126 valence electrons. The fourth-order valence-corrected chi connectivity index (χ4v) is 2.66. The molecule has 0 aliphatic carbocycles. The third-order valence-corrected chi connectivity index (χ3v) is 4.13. The van der Waals surface area contributed by atoms with Crippen LogP contribution in [0.4, 0.5) is 0 Å². The molecular formula is C19H34N2O. The van der Waals surface area contributed by atoms with E-state index in [-0.39, 0.29) is 6.04 Å². The van der Waals surface area contributed by atoms with E-state index < -0.39 is 0 Å². The number of hydrogen-bond acceptors (Lipinski definition) is 3. The predicted octanol–water partition coefficient (Wildman–Crippen LogP) is 4.38. The average Bonchev–Trinajstić information content (AvgIpc) is 2.54. The highest BCUT2D eigenvalue weighted by molar-refractivity contribution is 5.30. The van der Waals surface area contributed by atoms with Crippen LogP contribution in [0.3, 0.4) is 0 Å². The summed E-state index contributed by atoms with van der Waals surface area (Å²) in [5.74, 6) is 0.969. The number of nitrogens with two attached hydrogens (primary N) is 1. The molecule has 22 heavy (non-hydrogen) atoms. The molecule has 0 saturated carbocycles. The van der Waals surface area contributed by atoms with Gasteiger partial charge in [0.05, 0.1) is 6.61 Å². The zero-order valence-electron chi connectivity index (χ0n) is 14.7. The van der Waals surface area contributed by atoms with Crippen molar-refractivity contribution in [2.75, 3.05) is 26.7 Å². The molecule has 1 atom stereocenters. The predicted molar refractivity (Wildman–Crippen MR) is 95.4 cm³/mol. The monoisotopic (exact) mass is 306 g/mol. The Morgan fingerprint density at radius 2 is 1.86 bits per heavy atom. The van der Waals surface area contributed by atoms with Gasteiger partial charge >= 0.3 is 0 Å². The molecular weight excluding hydrogens is 272 g/mol. The van der Waals surface area contributed by atoms with Crippen LogP contribution >= 0.6 is 0 Å². The van der Waals surface area contributed by atoms with Gasteiger partial charge in [0.2, 0.25) is 0 Å². The van der Waals surface area contributed by atoms with Crippen LogP contribution in [0.15, 0.2) is 24.3 Å². The number of benzene rings is 1. The lowest BCUT2D eigenvalue weighted by atomic mass is 10.0. The number of likely N-dealkylation sites (N-methyl/N-ethyl adjacent to an activating group) is 1. The minimum atomic E-state index is 0.273. The van der Waals surface area contributed by atoms with E-state index in [1.807, 2.05) is 6.07 Å². The van der Waals surface area contributed by atoms with Gasteiger partial charge in [-0.1, -0.05) is 51.7 Å². The Labute approximate surface area is 136 Å². The van der Waals surface area contributed by atoms with Crippen molar-refractivity contribution >= 4 is 0 Å². The van der Waals surface area contributed by atoms with Gasteiger partial charge in [-0.05, 0) is 44.1 Å². The topological polar surface area (TPSA) is 38.5 Å². The highest BCUT2D eigenvalue weighted by atomic mass is 16.5. The van der Waals surface area contributed by atoms with Crippen molar-refractivity contribution in [3.63, 3.8) is 0 Å². The molecule has 0 fully saturated rings. The fraction of sp³-hybridized carbons (Fsp3) is 0.684. The molecule has 1 unspecified atom stereocenters. The van der Waals surface area contributed by atoms with E-state index in [1.165, 1.54) is 37.7 Å². The van der Waals surface area contributed by atoms with E-state index in [9.17, 15) is 0 Å². The molecule has 0 amide bonds. The molecule has 0 radical (unpaired) electrons. The van der Waals surface area contributed by atoms with Gasteiger partial charge in [-0.3, -0.25) is 4.90 Å². The Bertz CT molecular complexity index is 395. The first kappa shape index (κ1) is 19.0. The summed E-state index contributed by atoms with van der Waals surface area (Å²) in [5, 5.41) is 0. The Morgan fingerprint density at radius 1 is 1.09 bits per heavy atom. The van der Waals surface area contributed by atoms with Crippen molar-refractivity contribution in [3.05, 3.63) is 29.8 Å². The lowest BCUT2D eigenvalue weighted by Crippen LogP contribution is -2.31. The van der Waals surface area contributed by atoms with Crippen LogP contribution in [0.25, 0.3) is 0 Å². The Morgan fingerprint density at radius 3 is 2.55 bits per heavy atom. The first-order valence-corrected chi connectivity index (χ1v) is 8.86. The number of rotatable bonds is 12. The molecule has 1 rings (SSSR count). The molecule has 1 aromatic carbocycles. The maximum atomic E-state index is 6.00. The molecule has 0 aliphatic rings. The number of unbranched alkanes of at least 4 members (excludes halogenated alkanes) is 4. The van der Waals surface area contributed by atoms with Crippen molar-refractivity contribution in [2.24, 2.45) is 5.73 Å². The van der Waals surface area contributed by atoms with Gasteiger partial charge < -0.3 is 10.5 Å². The quantitative estimate of drug-likeness (QED) is 0.582. The van der Waals surface area contributed by atoms with Gasteiger partial charge in [0.25, 0.3) is 0 Å². The van der Waals surface area contributed by atoms with Gasteiger partial charge in [-0.15, -0.1) is 0 Å². The van der Waals surface area contributed by atoms with E-state index in [0.29, 0.717) is 6.54 Å².